The highest BCUT2D eigenvalue weighted by Gasteiger charge is 2.07. The van der Waals surface area contributed by atoms with E-state index in [9.17, 15) is 10.1 Å². The van der Waals surface area contributed by atoms with Crippen LogP contribution in [0.25, 0.3) is 17.3 Å². The Morgan fingerprint density at radius 2 is 1.84 bits per heavy atom. The first kappa shape index (κ1) is 16.7. The van der Waals surface area contributed by atoms with Gasteiger partial charge < -0.3 is 9.67 Å². The third kappa shape index (κ3) is 3.70. The van der Waals surface area contributed by atoms with Gasteiger partial charge in [-0.3, -0.25) is 0 Å². The molecule has 0 radical (unpaired) electrons. The molecule has 4 nitrogen and oxygen atoms in total. The van der Waals surface area contributed by atoms with Gasteiger partial charge >= 0.3 is 5.97 Å². The number of carbonyl (C=O) groups is 1. The molecule has 1 heterocycles. The zero-order valence-corrected chi connectivity index (χ0v) is 14.6. The second-order valence-corrected chi connectivity index (χ2v) is 6.25. The number of allylic oxidation sites excluding steroid dienone is 1. The van der Waals surface area contributed by atoms with Crippen molar-refractivity contribution in [2.75, 3.05) is 0 Å². The summed E-state index contributed by atoms with van der Waals surface area (Å²) in [6.07, 6.45) is 3.68. The van der Waals surface area contributed by atoms with Gasteiger partial charge in [-0.2, -0.15) is 5.26 Å². The number of carboxylic acids is 1. The molecule has 0 spiro atoms. The Balaban J connectivity index is 2.01. The zero-order valence-electron chi connectivity index (χ0n) is 13.1. The lowest BCUT2D eigenvalue weighted by Crippen LogP contribution is -1.99. The highest BCUT2D eigenvalue weighted by Crippen LogP contribution is 2.23. The second-order valence-electron chi connectivity index (χ2n) is 5.34. The minimum atomic E-state index is -0.958. The van der Waals surface area contributed by atoms with Crippen LogP contribution >= 0.6 is 15.9 Å². The second kappa shape index (κ2) is 7.20. The molecule has 0 atom stereocenters. The minimum Gasteiger partial charge on any atom is -0.478 e. The molecule has 3 rings (SSSR count). The summed E-state index contributed by atoms with van der Waals surface area (Å²) in [5.41, 5.74) is 3.27. The molecule has 0 unspecified atom stereocenters. The molecule has 0 aliphatic rings. The van der Waals surface area contributed by atoms with Gasteiger partial charge in [-0.1, -0.05) is 28.1 Å². The summed E-state index contributed by atoms with van der Waals surface area (Å²) in [6, 6.07) is 20.2. The lowest BCUT2D eigenvalue weighted by molar-refractivity contribution is 0.0697. The van der Waals surface area contributed by atoms with E-state index in [-0.39, 0.29) is 5.56 Å². The summed E-state index contributed by atoms with van der Waals surface area (Å²) in [5.74, 6) is -0.958. The standard InChI is InChI=1S/C20H13BrN2O2/c21-17-4-1-3-15(11-17)16(13-22)12-19-5-2-10-23(19)18-8-6-14(7-9-18)20(24)25/h1-12H,(H,24,25)/b16-12-. The molecular formula is C20H13BrN2O2. The SMILES string of the molecule is N#C/C(=C/c1cccn1-c1ccc(C(=O)O)cc1)c1cccc(Br)c1. The number of aromatic nitrogens is 1. The van der Waals surface area contributed by atoms with Crippen LogP contribution < -0.4 is 0 Å². The summed E-state index contributed by atoms with van der Waals surface area (Å²) >= 11 is 3.42. The lowest BCUT2D eigenvalue weighted by Gasteiger charge is -2.08. The molecule has 2 aromatic carbocycles. The fraction of sp³-hybridized carbons (Fsp3) is 0. The summed E-state index contributed by atoms with van der Waals surface area (Å²) in [4.78, 5) is 11.0. The Morgan fingerprint density at radius 1 is 1.08 bits per heavy atom. The molecule has 0 saturated carbocycles. The Bertz CT molecular complexity index is 995. The van der Waals surface area contributed by atoms with E-state index in [4.69, 9.17) is 5.11 Å². The van der Waals surface area contributed by atoms with E-state index in [0.29, 0.717) is 5.57 Å². The fourth-order valence-corrected chi connectivity index (χ4v) is 2.89. The number of rotatable bonds is 4. The molecule has 0 amide bonds. The Hall–Kier alpha value is -3.10. The lowest BCUT2D eigenvalue weighted by atomic mass is 10.1. The van der Waals surface area contributed by atoms with Crippen molar-refractivity contribution in [3.8, 4) is 11.8 Å². The summed E-state index contributed by atoms with van der Waals surface area (Å²) in [5, 5.41) is 18.5. The van der Waals surface area contributed by atoms with E-state index >= 15 is 0 Å². The van der Waals surface area contributed by atoms with Gasteiger partial charge in [0.1, 0.15) is 0 Å². The molecular weight excluding hydrogens is 380 g/mol. The number of benzene rings is 2. The molecule has 0 aliphatic heterocycles. The molecule has 0 saturated heterocycles. The van der Waals surface area contributed by atoms with Crippen molar-refractivity contribution in [2.24, 2.45) is 0 Å². The molecule has 25 heavy (non-hydrogen) atoms. The fourth-order valence-electron chi connectivity index (χ4n) is 2.50. The van der Waals surface area contributed by atoms with E-state index in [2.05, 4.69) is 22.0 Å². The maximum absolute atomic E-state index is 11.0. The number of halogens is 1. The van der Waals surface area contributed by atoms with E-state index in [1.807, 2.05) is 53.2 Å². The third-order valence-corrected chi connectivity index (χ3v) is 4.21. The minimum absolute atomic E-state index is 0.236. The molecule has 5 heteroatoms. The third-order valence-electron chi connectivity index (χ3n) is 3.72. The number of hydrogen-bond acceptors (Lipinski definition) is 2. The van der Waals surface area contributed by atoms with Crippen LogP contribution in [0.15, 0.2) is 71.3 Å². The largest absolute Gasteiger partial charge is 0.478 e. The van der Waals surface area contributed by atoms with Crippen molar-refractivity contribution < 1.29 is 9.90 Å². The van der Waals surface area contributed by atoms with Crippen LogP contribution in [-0.4, -0.2) is 15.6 Å². The van der Waals surface area contributed by atoms with Crippen molar-refractivity contribution in [1.82, 2.24) is 4.57 Å². The molecule has 0 fully saturated rings. The molecule has 1 N–H and O–H groups in total. The van der Waals surface area contributed by atoms with Crippen LogP contribution in [0.2, 0.25) is 0 Å². The predicted octanol–water partition coefficient (Wildman–Crippen LogP) is 5.00. The van der Waals surface area contributed by atoms with Gasteiger partial charge in [0, 0.05) is 22.1 Å². The van der Waals surface area contributed by atoms with Gasteiger partial charge in [-0.25, -0.2) is 4.79 Å². The van der Waals surface area contributed by atoms with Gasteiger partial charge in [0.15, 0.2) is 0 Å². The Kier molecular flexibility index (Phi) is 4.82. The maximum Gasteiger partial charge on any atom is 0.335 e. The van der Waals surface area contributed by atoms with Crippen LogP contribution in [0.3, 0.4) is 0 Å². The number of nitrogens with zero attached hydrogens (tertiary/aromatic N) is 2. The monoisotopic (exact) mass is 392 g/mol. The van der Waals surface area contributed by atoms with E-state index in [1.54, 1.807) is 24.3 Å². The van der Waals surface area contributed by atoms with Crippen LogP contribution in [0, 0.1) is 11.3 Å². The van der Waals surface area contributed by atoms with Crippen molar-refractivity contribution in [2.45, 2.75) is 0 Å². The van der Waals surface area contributed by atoms with Gasteiger partial charge in [0.2, 0.25) is 0 Å². The van der Waals surface area contributed by atoms with Crippen LogP contribution in [0.1, 0.15) is 21.6 Å². The Labute approximate surface area is 153 Å². The van der Waals surface area contributed by atoms with Gasteiger partial charge in [-0.05, 0) is 60.2 Å². The Morgan fingerprint density at radius 3 is 2.48 bits per heavy atom. The molecule has 1 aromatic heterocycles. The van der Waals surface area contributed by atoms with Gasteiger partial charge in [0.05, 0.1) is 17.2 Å². The number of carboxylic acid groups (broad SMARTS) is 1. The predicted molar refractivity (Wildman–Crippen MR) is 100 cm³/mol. The van der Waals surface area contributed by atoms with Crippen molar-refractivity contribution in [1.29, 1.82) is 5.26 Å². The maximum atomic E-state index is 11.0. The quantitative estimate of drug-likeness (QED) is 0.635. The van der Waals surface area contributed by atoms with Crippen molar-refractivity contribution in [3.05, 3.63) is 88.2 Å². The number of hydrogen-bond donors (Lipinski definition) is 1. The van der Waals surface area contributed by atoms with Crippen molar-refractivity contribution >= 4 is 33.5 Å². The molecule has 0 aliphatic carbocycles. The highest BCUT2D eigenvalue weighted by atomic mass is 79.9. The molecule has 0 bridgehead atoms. The first-order chi connectivity index (χ1) is 12.1. The smallest absolute Gasteiger partial charge is 0.335 e. The van der Waals surface area contributed by atoms with E-state index in [1.165, 1.54) is 0 Å². The first-order valence-corrected chi connectivity index (χ1v) is 8.26. The average Bonchev–Trinajstić information content (AvgIpc) is 3.08. The number of aromatic carboxylic acids is 1. The molecule has 122 valence electrons. The van der Waals surface area contributed by atoms with E-state index in [0.717, 1.165) is 21.4 Å². The molecule has 3 aromatic rings. The van der Waals surface area contributed by atoms with Crippen molar-refractivity contribution in [3.63, 3.8) is 0 Å². The average molecular weight is 393 g/mol. The number of nitriles is 1. The highest BCUT2D eigenvalue weighted by molar-refractivity contribution is 9.10. The zero-order chi connectivity index (χ0) is 17.8. The summed E-state index contributed by atoms with van der Waals surface area (Å²) in [6.45, 7) is 0. The van der Waals surface area contributed by atoms with Gasteiger partial charge in [0.25, 0.3) is 0 Å². The van der Waals surface area contributed by atoms with E-state index < -0.39 is 5.97 Å². The van der Waals surface area contributed by atoms with Gasteiger partial charge in [-0.15, -0.1) is 0 Å². The normalized spacial score (nSPS) is 11.1. The summed E-state index contributed by atoms with van der Waals surface area (Å²) < 4.78 is 2.81. The topological polar surface area (TPSA) is 66.0 Å². The van der Waals surface area contributed by atoms with Crippen LogP contribution in [0.4, 0.5) is 0 Å². The first-order valence-electron chi connectivity index (χ1n) is 7.47. The van der Waals surface area contributed by atoms with Crippen LogP contribution in [-0.2, 0) is 0 Å². The summed E-state index contributed by atoms with van der Waals surface area (Å²) in [7, 11) is 0. The van der Waals surface area contributed by atoms with Crippen LogP contribution in [0.5, 0.6) is 0 Å².